The molecule has 110 valence electrons. The Morgan fingerprint density at radius 1 is 1.38 bits per heavy atom. The van der Waals surface area contributed by atoms with Gasteiger partial charge in [-0.2, -0.15) is 4.98 Å². The normalized spacial score (nSPS) is 15.7. The fourth-order valence-corrected chi connectivity index (χ4v) is 2.55. The number of nitrogens with zero attached hydrogens (tertiary/aromatic N) is 2. The lowest BCUT2D eigenvalue weighted by Gasteiger charge is -2.11. The first-order valence-electron chi connectivity index (χ1n) is 7.36. The standard InChI is InChI=1S/C16H19N3O2/c1-11(20)17-10-9-14-18-16(21-19-14)15(13-7-8-13)12-5-3-2-4-6-12/h2-6,13,15H,7-10H2,1H3,(H,17,20)/t15-/m1/s1. The molecule has 2 aromatic rings. The molecule has 1 aliphatic rings. The Balaban J connectivity index is 1.72. The van der Waals surface area contributed by atoms with E-state index in [9.17, 15) is 4.79 Å². The highest BCUT2D eigenvalue weighted by Crippen LogP contribution is 2.45. The maximum Gasteiger partial charge on any atom is 0.234 e. The Hall–Kier alpha value is -2.17. The van der Waals surface area contributed by atoms with E-state index in [1.54, 1.807) is 0 Å². The summed E-state index contributed by atoms with van der Waals surface area (Å²) in [6.45, 7) is 2.04. The van der Waals surface area contributed by atoms with Gasteiger partial charge >= 0.3 is 0 Å². The van der Waals surface area contributed by atoms with Crippen LogP contribution in [-0.4, -0.2) is 22.6 Å². The first-order chi connectivity index (χ1) is 10.2. The Kier molecular flexibility index (Phi) is 3.99. The number of nitrogens with one attached hydrogen (secondary N) is 1. The zero-order valence-corrected chi connectivity index (χ0v) is 12.1. The van der Waals surface area contributed by atoms with Crippen molar-refractivity contribution in [2.75, 3.05) is 6.54 Å². The second-order valence-corrected chi connectivity index (χ2v) is 5.51. The van der Waals surface area contributed by atoms with E-state index in [0.29, 0.717) is 30.6 Å². The zero-order valence-electron chi connectivity index (χ0n) is 12.1. The predicted octanol–water partition coefficient (Wildman–Crippen LogP) is 2.29. The van der Waals surface area contributed by atoms with Gasteiger partial charge in [0, 0.05) is 19.9 Å². The van der Waals surface area contributed by atoms with Gasteiger partial charge in [0.1, 0.15) is 0 Å². The van der Waals surface area contributed by atoms with Crippen molar-refractivity contribution in [3.63, 3.8) is 0 Å². The average molecular weight is 285 g/mol. The zero-order chi connectivity index (χ0) is 14.7. The molecular weight excluding hydrogens is 266 g/mol. The van der Waals surface area contributed by atoms with Crippen LogP contribution in [0.2, 0.25) is 0 Å². The number of rotatable bonds is 6. The maximum absolute atomic E-state index is 10.9. The van der Waals surface area contributed by atoms with Crippen molar-refractivity contribution >= 4 is 5.91 Å². The van der Waals surface area contributed by atoms with Gasteiger partial charge in [-0.3, -0.25) is 4.79 Å². The molecule has 1 heterocycles. The van der Waals surface area contributed by atoms with E-state index >= 15 is 0 Å². The monoisotopic (exact) mass is 285 g/mol. The summed E-state index contributed by atoms with van der Waals surface area (Å²) in [5.74, 6) is 2.12. The van der Waals surface area contributed by atoms with E-state index in [1.807, 2.05) is 18.2 Å². The van der Waals surface area contributed by atoms with Crippen LogP contribution >= 0.6 is 0 Å². The topological polar surface area (TPSA) is 68.0 Å². The fourth-order valence-electron chi connectivity index (χ4n) is 2.55. The minimum absolute atomic E-state index is 0.0427. The molecule has 21 heavy (non-hydrogen) atoms. The van der Waals surface area contributed by atoms with E-state index in [4.69, 9.17) is 4.52 Å². The van der Waals surface area contributed by atoms with E-state index < -0.39 is 0 Å². The van der Waals surface area contributed by atoms with Crippen LogP contribution in [0.1, 0.15) is 43.0 Å². The predicted molar refractivity (Wildman–Crippen MR) is 77.7 cm³/mol. The number of hydrogen-bond acceptors (Lipinski definition) is 4. The summed E-state index contributed by atoms with van der Waals surface area (Å²) in [6.07, 6.45) is 3.02. The summed E-state index contributed by atoms with van der Waals surface area (Å²) in [6, 6.07) is 10.3. The molecule has 0 radical (unpaired) electrons. The minimum atomic E-state index is -0.0427. The lowest BCUT2D eigenvalue weighted by molar-refractivity contribution is -0.118. The summed E-state index contributed by atoms with van der Waals surface area (Å²) >= 11 is 0. The lowest BCUT2D eigenvalue weighted by atomic mass is 9.94. The summed E-state index contributed by atoms with van der Waals surface area (Å²) in [5.41, 5.74) is 1.23. The number of amides is 1. The van der Waals surface area contributed by atoms with Crippen LogP contribution in [0, 0.1) is 5.92 Å². The molecule has 1 saturated carbocycles. The Morgan fingerprint density at radius 2 is 2.14 bits per heavy atom. The molecule has 1 aromatic heterocycles. The quantitative estimate of drug-likeness (QED) is 0.884. The van der Waals surface area contributed by atoms with Crippen LogP contribution in [0.5, 0.6) is 0 Å². The summed E-state index contributed by atoms with van der Waals surface area (Å²) in [5, 5.41) is 6.77. The second-order valence-electron chi connectivity index (χ2n) is 5.51. The molecule has 0 saturated heterocycles. The van der Waals surface area contributed by atoms with Crippen molar-refractivity contribution < 1.29 is 9.32 Å². The molecule has 1 aliphatic carbocycles. The van der Waals surface area contributed by atoms with Crippen LogP contribution in [-0.2, 0) is 11.2 Å². The molecule has 0 bridgehead atoms. The minimum Gasteiger partial charge on any atom is -0.356 e. The molecule has 1 amide bonds. The highest BCUT2D eigenvalue weighted by atomic mass is 16.5. The van der Waals surface area contributed by atoms with E-state index in [-0.39, 0.29) is 11.8 Å². The largest absolute Gasteiger partial charge is 0.356 e. The molecule has 0 spiro atoms. The van der Waals surface area contributed by atoms with Gasteiger partial charge in [0.2, 0.25) is 11.8 Å². The number of carbonyl (C=O) groups excluding carboxylic acids is 1. The van der Waals surface area contributed by atoms with Gasteiger partial charge in [-0.25, -0.2) is 0 Å². The summed E-state index contributed by atoms with van der Waals surface area (Å²) in [4.78, 5) is 15.4. The Bertz CT molecular complexity index is 605. The van der Waals surface area contributed by atoms with Crippen LogP contribution in [0.15, 0.2) is 34.9 Å². The molecule has 3 rings (SSSR count). The first-order valence-corrected chi connectivity index (χ1v) is 7.36. The van der Waals surface area contributed by atoms with Crippen LogP contribution in [0.3, 0.4) is 0 Å². The molecule has 1 aromatic carbocycles. The van der Waals surface area contributed by atoms with Gasteiger partial charge in [-0.05, 0) is 24.3 Å². The lowest BCUT2D eigenvalue weighted by Crippen LogP contribution is -2.22. The smallest absolute Gasteiger partial charge is 0.234 e. The second kappa shape index (κ2) is 6.08. The fraction of sp³-hybridized carbons (Fsp3) is 0.438. The summed E-state index contributed by atoms with van der Waals surface area (Å²) in [7, 11) is 0. The Morgan fingerprint density at radius 3 is 2.81 bits per heavy atom. The van der Waals surface area contributed by atoms with Crippen molar-refractivity contribution in [2.24, 2.45) is 5.92 Å². The SMILES string of the molecule is CC(=O)NCCc1noc([C@H](c2ccccc2)C2CC2)n1. The van der Waals surface area contributed by atoms with Crippen molar-refractivity contribution in [2.45, 2.75) is 32.1 Å². The van der Waals surface area contributed by atoms with Crippen LogP contribution in [0.25, 0.3) is 0 Å². The summed E-state index contributed by atoms with van der Waals surface area (Å²) < 4.78 is 5.47. The van der Waals surface area contributed by atoms with Gasteiger partial charge in [0.15, 0.2) is 5.82 Å². The van der Waals surface area contributed by atoms with Crippen molar-refractivity contribution in [3.05, 3.63) is 47.6 Å². The van der Waals surface area contributed by atoms with Crippen molar-refractivity contribution in [1.82, 2.24) is 15.5 Å². The van der Waals surface area contributed by atoms with E-state index in [2.05, 4.69) is 27.6 Å². The van der Waals surface area contributed by atoms with E-state index in [0.717, 1.165) is 0 Å². The third kappa shape index (κ3) is 3.48. The van der Waals surface area contributed by atoms with Crippen LogP contribution < -0.4 is 5.32 Å². The van der Waals surface area contributed by atoms with Crippen LogP contribution in [0.4, 0.5) is 0 Å². The Labute approximate surface area is 123 Å². The molecular formula is C16H19N3O2. The number of carbonyl (C=O) groups is 1. The molecule has 0 aliphatic heterocycles. The number of hydrogen-bond donors (Lipinski definition) is 1. The van der Waals surface area contributed by atoms with Gasteiger partial charge in [-0.15, -0.1) is 0 Å². The maximum atomic E-state index is 10.9. The van der Waals surface area contributed by atoms with E-state index in [1.165, 1.54) is 25.3 Å². The van der Waals surface area contributed by atoms with Crippen molar-refractivity contribution in [3.8, 4) is 0 Å². The highest BCUT2D eigenvalue weighted by molar-refractivity contribution is 5.72. The van der Waals surface area contributed by atoms with Gasteiger partial charge in [0.25, 0.3) is 0 Å². The highest BCUT2D eigenvalue weighted by Gasteiger charge is 2.37. The third-order valence-corrected chi connectivity index (χ3v) is 3.72. The third-order valence-electron chi connectivity index (χ3n) is 3.72. The molecule has 5 heteroatoms. The molecule has 5 nitrogen and oxygen atoms in total. The number of benzene rings is 1. The number of aromatic nitrogens is 2. The molecule has 1 N–H and O–H groups in total. The first kappa shape index (κ1) is 13.8. The van der Waals surface area contributed by atoms with Gasteiger partial charge in [-0.1, -0.05) is 35.5 Å². The van der Waals surface area contributed by atoms with Gasteiger partial charge in [0.05, 0.1) is 5.92 Å². The van der Waals surface area contributed by atoms with Gasteiger partial charge < -0.3 is 9.84 Å². The van der Waals surface area contributed by atoms with Crippen molar-refractivity contribution in [1.29, 1.82) is 0 Å². The molecule has 0 unspecified atom stereocenters. The average Bonchev–Trinajstić information content (AvgIpc) is 3.20. The molecule has 1 fully saturated rings. The molecule has 1 atom stereocenters.